The summed E-state index contributed by atoms with van der Waals surface area (Å²) in [6.45, 7) is 52.0. The minimum absolute atomic E-state index is 0. The number of fused-ring (bicyclic) bond motifs is 3. The first-order chi connectivity index (χ1) is 53.6. The predicted octanol–water partition coefficient (Wildman–Crippen LogP) is 15.4. The second-order valence-electron chi connectivity index (χ2n) is 27.1. The molecule has 0 spiro atoms. The van der Waals surface area contributed by atoms with Crippen molar-refractivity contribution >= 4 is 104 Å². The molecule has 29 heteroatoms. The molecule has 113 heavy (non-hydrogen) atoms. The highest BCUT2D eigenvalue weighted by Gasteiger charge is 2.34. The summed E-state index contributed by atoms with van der Waals surface area (Å²) >= 11 is 10.7. The fourth-order valence-corrected chi connectivity index (χ4v) is 14.4. The molecule has 8 aromatic rings. The highest BCUT2D eigenvalue weighted by molar-refractivity contribution is 9.11. The smallest absolute Gasteiger partial charge is 0.490 e. The van der Waals surface area contributed by atoms with Gasteiger partial charge in [0.1, 0.15) is 17.2 Å². The van der Waals surface area contributed by atoms with Gasteiger partial charge >= 0.3 is 7.12 Å². The van der Waals surface area contributed by atoms with Gasteiger partial charge in [-0.05, 0) is 240 Å². The van der Waals surface area contributed by atoms with Crippen LogP contribution >= 0.6 is 47.8 Å². The summed E-state index contributed by atoms with van der Waals surface area (Å²) in [6, 6.07) is 22.9. The summed E-state index contributed by atoms with van der Waals surface area (Å²) in [5.74, 6) is 0.493. The van der Waals surface area contributed by atoms with Gasteiger partial charge in [-0.3, -0.25) is 29.3 Å². The number of benzene rings is 3. The van der Waals surface area contributed by atoms with Crippen molar-refractivity contribution in [2.45, 2.75) is 132 Å². The first-order valence-electron chi connectivity index (χ1n) is 37.6. The zero-order valence-corrected chi connectivity index (χ0v) is 71.7. The van der Waals surface area contributed by atoms with E-state index >= 15 is 0 Å². The van der Waals surface area contributed by atoms with Gasteiger partial charge in [-0.15, -0.1) is 0 Å². The first kappa shape index (κ1) is 92.8. The largest absolute Gasteiger partial charge is 0.505 e. The predicted molar refractivity (Wildman–Crippen MR) is 452 cm³/mol. The van der Waals surface area contributed by atoms with E-state index in [4.69, 9.17) is 44.0 Å². The maximum absolute atomic E-state index is 14.0. The third-order valence-electron chi connectivity index (χ3n) is 19.7. The Morgan fingerprint density at radius 1 is 0.540 bits per heavy atom. The minimum Gasteiger partial charge on any atom is -0.505 e. The van der Waals surface area contributed by atoms with Crippen LogP contribution in [0.4, 0.5) is 25.8 Å². The van der Waals surface area contributed by atoms with Crippen molar-refractivity contribution in [3.8, 4) is 28.4 Å². The molecular formula is C84H100B2Br3F2N14O8. The zero-order chi connectivity index (χ0) is 82.0. The van der Waals surface area contributed by atoms with Crippen LogP contribution in [0.2, 0.25) is 0 Å². The lowest BCUT2D eigenvalue weighted by Crippen LogP contribution is -2.40. The lowest BCUT2D eigenvalue weighted by molar-refractivity contribution is 0.0661. The highest BCUT2D eigenvalue weighted by Crippen LogP contribution is 2.40. The van der Waals surface area contributed by atoms with E-state index in [1.54, 1.807) is 37.4 Å². The van der Waals surface area contributed by atoms with Crippen molar-refractivity contribution in [1.29, 1.82) is 0 Å². The van der Waals surface area contributed by atoms with Crippen LogP contribution in [-0.2, 0) is 38.5 Å². The number of aromatic nitrogens is 5. The molecule has 8 heterocycles. The Morgan fingerprint density at radius 3 is 1.33 bits per heavy atom. The van der Waals surface area contributed by atoms with Crippen molar-refractivity contribution in [1.82, 2.24) is 54.7 Å². The van der Waals surface area contributed by atoms with Crippen molar-refractivity contribution < 1.29 is 47.4 Å². The number of pyridine rings is 5. The highest BCUT2D eigenvalue weighted by atomic mass is 79.9. The van der Waals surface area contributed by atoms with Crippen LogP contribution < -0.4 is 25.0 Å². The number of hydrogen-bond donors (Lipinski definition) is 3. The third kappa shape index (κ3) is 25.2. The van der Waals surface area contributed by atoms with E-state index in [2.05, 4.69) is 167 Å². The van der Waals surface area contributed by atoms with Gasteiger partial charge in [0.05, 0.1) is 73.5 Å². The lowest BCUT2D eigenvalue weighted by Gasteiger charge is -2.35. The molecule has 595 valence electrons. The maximum atomic E-state index is 14.0. The molecule has 2 unspecified atom stereocenters. The Kier molecular flexibility index (Phi) is 37.1. The molecule has 0 fully saturated rings. The molecule has 0 bridgehead atoms. The number of halogens is 5. The fourth-order valence-electron chi connectivity index (χ4n) is 12.7. The molecule has 3 aliphatic heterocycles. The maximum Gasteiger partial charge on any atom is 0.490 e. The van der Waals surface area contributed by atoms with E-state index in [1.807, 2.05) is 69.5 Å². The molecule has 3 radical (unpaired) electrons. The SMILES string of the molecule is CCN(C)CCc1cc(Br)c2c(c1)C(=O)NCC2.Cc1nc(F)ccc1B(O)O.[B].[C-]#[N+]c1cnc(C(C)Br)cc1OCC.[C-]#[N+]c1cnc(C(C)N2CCc3c(Br)cc(CCN(C)CC)cc3C2=O)cc1OCC.[C-]#[N+]c1cnc([C@H](C)N2CCc3c(cc(CCN(C)CC)cc3-c3ccc(F)nc3C)C2=O)cc1OCC. The number of ether oxygens (including phenoxy) is 3. The summed E-state index contributed by atoms with van der Waals surface area (Å²) < 4.78 is 44.8. The van der Waals surface area contributed by atoms with Crippen molar-refractivity contribution in [3.05, 3.63) is 231 Å². The number of carbonyl (C=O) groups excluding carboxylic acids is 3. The topological polar surface area (TPSA) is 225 Å². The molecule has 11 rings (SSSR count). The number of rotatable bonds is 25. The normalized spacial score (nSPS) is 13.3. The van der Waals surface area contributed by atoms with E-state index in [0.29, 0.717) is 96.3 Å². The van der Waals surface area contributed by atoms with Gasteiger partial charge in [0.2, 0.25) is 29.0 Å². The molecule has 3 aromatic carbocycles. The third-order valence-corrected chi connectivity index (χ3v) is 21.5. The van der Waals surface area contributed by atoms with Crippen LogP contribution in [0.3, 0.4) is 0 Å². The zero-order valence-electron chi connectivity index (χ0n) is 66.9. The molecule has 0 aliphatic carbocycles. The average molecular weight is 1730 g/mol. The first-order valence-corrected chi connectivity index (χ1v) is 40.1. The van der Waals surface area contributed by atoms with Crippen molar-refractivity contribution in [2.75, 3.05) is 99.9 Å². The molecule has 3 amide bonds. The van der Waals surface area contributed by atoms with Gasteiger partial charge in [0.25, 0.3) is 17.7 Å². The van der Waals surface area contributed by atoms with E-state index in [0.717, 1.165) is 154 Å². The van der Waals surface area contributed by atoms with Crippen LogP contribution in [0, 0.1) is 45.5 Å². The van der Waals surface area contributed by atoms with E-state index in [1.165, 1.54) is 37.0 Å². The Labute approximate surface area is 692 Å². The lowest BCUT2D eigenvalue weighted by atomic mass is 9.79. The minimum atomic E-state index is -1.58. The molecule has 3 aliphatic rings. The second-order valence-corrected chi connectivity index (χ2v) is 30.2. The van der Waals surface area contributed by atoms with Crippen LogP contribution in [-0.4, -0.2) is 193 Å². The molecule has 0 saturated heterocycles. The number of likely N-dealkylation sites (N-methyl/N-ethyl adjacent to an activating group) is 3. The van der Waals surface area contributed by atoms with Crippen LogP contribution in [0.5, 0.6) is 17.2 Å². The van der Waals surface area contributed by atoms with Gasteiger partial charge < -0.3 is 54.1 Å². The number of carbonyl (C=O) groups is 3. The summed E-state index contributed by atoms with van der Waals surface area (Å²) in [7, 11) is 4.71. The van der Waals surface area contributed by atoms with E-state index in [-0.39, 0.29) is 48.5 Å². The summed E-state index contributed by atoms with van der Waals surface area (Å²) in [5.41, 5.74) is 15.3. The Hall–Kier alpha value is -9.08. The standard InChI is InChI=1S/C30H34FN5O2.C24H29BrN4O2.C14H19BrN2O.C10H11BrN2O.C6H7BFNO2.B/c1-7-35(6)13-11-21-15-24(22-9-10-29(31)34-19(22)3)23-12-14-36(30(37)25(23)16-21)20(4)26-17-28(38-8-2)27(32-5)18-33-26;1-6-28(5)10-8-17-12-19-18(20(25)13-17)9-11-29(24(19)30)16(3)21-14-23(31-7-2)22(26-4)15-27-21;1-3-17(2)7-5-10-8-12-11(13(15)9-10)4-6-16-14(12)18;1-4-14-10-5-8(7(2)11)13-6-9(10)12-3;1-4-5(7(10)11)2-3-6(8)9-4;/h9-10,15-18,20H,7-8,11-14H2,1-4,6H3;12-16H,6-11H2,1-3,5H3;8-9H,3-7H2,1-2H3,(H,16,18);5-7H,4H2,1-2H3;2-3,10-11H,1H3;/t20-;;;;;/m0...../s1. The molecular weight excluding hydrogens is 1630 g/mol. The monoisotopic (exact) mass is 1730 g/mol. The van der Waals surface area contributed by atoms with Crippen molar-refractivity contribution in [3.63, 3.8) is 0 Å². The number of hydrogen-bond acceptors (Lipinski definition) is 16. The number of nitrogens with one attached hydrogen (secondary N) is 1. The molecule has 0 saturated carbocycles. The molecule has 5 aromatic heterocycles. The Balaban J connectivity index is 0.000000236. The molecule has 22 nitrogen and oxygen atoms in total. The Morgan fingerprint density at radius 2 is 0.920 bits per heavy atom. The van der Waals surface area contributed by atoms with Gasteiger partial charge in [0, 0.05) is 114 Å². The number of amides is 3. The number of aryl methyl sites for hydroxylation is 2. The number of alkyl halides is 1. The average Bonchev–Trinajstić information content (AvgIpc) is 0.762. The molecule has 3 atom stereocenters. The van der Waals surface area contributed by atoms with Crippen LogP contribution in [0.1, 0.15) is 172 Å². The van der Waals surface area contributed by atoms with E-state index < -0.39 is 19.0 Å². The van der Waals surface area contributed by atoms with Gasteiger partial charge in [-0.2, -0.15) is 8.78 Å². The van der Waals surface area contributed by atoms with Gasteiger partial charge in [-0.25, -0.2) is 24.5 Å². The quantitative estimate of drug-likeness (QED) is 0.0209. The van der Waals surface area contributed by atoms with Crippen LogP contribution in [0.25, 0.3) is 25.7 Å². The number of nitrogens with zero attached hydrogens (tertiary/aromatic N) is 13. The Bertz CT molecular complexity index is 4740. The summed E-state index contributed by atoms with van der Waals surface area (Å²) in [4.78, 5) is 80.7. The van der Waals surface area contributed by atoms with Crippen LogP contribution in [0.15, 0.2) is 106 Å². The van der Waals surface area contributed by atoms with Gasteiger partial charge in [0.15, 0.2) is 0 Å². The fraction of sp³-hybridized carbons (Fsp3) is 0.417. The van der Waals surface area contributed by atoms with E-state index in [9.17, 15) is 23.2 Å². The summed E-state index contributed by atoms with van der Waals surface area (Å²) in [5, 5.41) is 20.3. The van der Waals surface area contributed by atoms with Crippen molar-refractivity contribution in [2.24, 2.45) is 0 Å². The second kappa shape index (κ2) is 45.1. The van der Waals surface area contributed by atoms with Gasteiger partial charge in [-0.1, -0.05) is 80.7 Å². The summed E-state index contributed by atoms with van der Waals surface area (Å²) in [6.07, 6.45) is 9.62. The molecule has 3 N–H and O–H groups in total.